The van der Waals surface area contributed by atoms with Crippen LogP contribution in [0.15, 0.2) is 72.8 Å². The van der Waals surface area contributed by atoms with E-state index in [0.717, 1.165) is 33.4 Å². The number of carbonyl (C=O) groups excluding carboxylic acids is 1. The summed E-state index contributed by atoms with van der Waals surface area (Å²) < 4.78 is 11.0. The summed E-state index contributed by atoms with van der Waals surface area (Å²) in [7, 11) is 1.39. The molecular weight excluding hydrogens is 336 g/mol. The third kappa shape index (κ3) is 3.42. The lowest BCUT2D eigenvalue weighted by molar-refractivity contribution is -0.155. The minimum atomic E-state index is -0.718. The van der Waals surface area contributed by atoms with E-state index >= 15 is 0 Å². The molecule has 0 bridgehead atoms. The van der Waals surface area contributed by atoms with Gasteiger partial charge in [-0.2, -0.15) is 0 Å². The molecule has 0 N–H and O–H groups in total. The van der Waals surface area contributed by atoms with E-state index in [1.54, 1.807) is 0 Å². The van der Waals surface area contributed by atoms with Crippen molar-refractivity contribution in [2.75, 3.05) is 7.11 Å². The highest BCUT2D eigenvalue weighted by Gasteiger charge is 2.29. The number of methoxy groups -OCH3 is 1. The van der Waals surface area contributed by atoms with Gasteiger partial charge in [0.25, 0.3) is 0 Å². The van der Waals surface area contributed by atoms with E-state index in [1.165, 1.54) is 7.11 Å². The van der Waals surface area contributed by atoms with Crippen LogP contribution in [0.4, 0.5) is 0 Å². The van der Waals surface area contributed by atoms with Gasteiger partial charge in [0.15, 0.2) is 6.10 Å². The van der Waals surface area contributed by atoms with Gasteiger partial charge in [-0.05, 0) is 33.4 Å². The first-order valence-electron chi connectivity index (χ1n) is 8.91. The van der Waals surface area contributed by atoms with Crippen LogP contribution in [0, 0.1) is 0 Å². The number of carbonyl (C=O) groups is 1. The Morgan fingerprint density at radius 1 is 0.926 bits per heavy atom. The minimum Gasteiger partial charge on any atom is -0.467 e. The second kappa shape index (κ2) is 7.60. The van der Waals surface area contributed by atoms with E-state index in [-0.39, 0.29) is 5.97 Å². The van der Waals surface area contributed by atoms with Crippen LogP contribution < -0.4 is 0 Å². The Labute approximate surface area is 158 Å². The molecule has 0 radical (unpaired) electrons. The smallest absolute Gasteiger partial charge is 0.339 e. The third-order valence-electron chi connectivity index (χ3n) is 4.81. The van der Waals surface area contributed by atoms with Crippen LogP contribution in [-0.2, 0) is 20.9 Å². The predicted molar refractivity (Wildman–Crippen MR) is 107 cm³/mol. The number of hydrogen-bond donors (Lipinski definition) is 0. The van der Waals surface area contributed by atoms with Gasteiger partial charge in [0.05, 0.1) is 13.7 Å². The summed E-state index contributed by atoms with van der Waals surface area (Å²) in [5.41, 5.74) is 6.23. The zero-order valence-electron chi connectivity index (χ0n) is 15.1. The van der Waals surface area contributed by atoms with E-state index < -0.39 is 6.10 Å². The van der Waals surface area contributed by atoms with E-state index in [0.29, 0.717) is 6.61 Å². The number of fused-ring (bicyclic) bond motifs is 3. The van der Waals surface area contributed by atoms with Crippen molar-refractivity contribution < 1.29 is 14.3 Å². The van der Waals surface area contributed by atoms with Gasteiger partial charge in [-0.25, -0.2) is 4.79 Å². The maximum atomic E-state index is 12.3. The molecule has 1 heterocycles. The Bertz CT molecular complexity index is 990. The Kier molecular flexibility index (Phi) is 4.86. The molecule has 0 aromatic heterocycles. The number of benzene rings is 3. The average molecular weight is 356 g/mol. The molecule has 1 unspecified atom stereocenters. The van der Waals surface area contributed by atoms with Gasteiger partial charge in [-0.3, -0.25) is 0 Å². The zero-order valence-corrected chi connectivity index (χ0v) is 15.1. The monoisotopic (exact) mass is 356 g/mol. The highest BCUT2D eigenvalue weighted by molar-refractivity contribution is 5.84. The van der Waals surface area contributed by atoms with Crippen LogP contribution in [0.25, 0.3) is 23.3 Å². The van der Waals surface area contributed by atoms with Gasteiger partial charge in [-0.1, -0.05) is 84.9 Å². The fraction of sp³-hybridized carbons (Fsp3) is 0.125. The first-order chi connectivity index (χ1) is 13.3. The summed E-state index contributed by atoms with van der Waals surface area (Å²) in [6, 6.07) is 24.2. The highest BCUT2D eigenvalue weighted by atomic mass is 16.6. The lowest BCUT2D eigenvalue weighted by Crippen LogP contribution is -2.17. The topological polar surface area (TPSA) is 35.5 Å². The van der Waals surface area contributed by atoms with E-state index in [9.17, 15) is 4.79 Å². The normalized spacial score (nSPS) is 15.7. The minimum absolute atomic E-state index is 0.346. The molecule has 3 heteroatoms. The van der Waals surface area contributed by atoms with Crippen molar-refractivity contribution in [3.63, 3.8) is 0 Å². The fourth-order valence-corrected chi connectivity index (χ4v) is 3.45. The molecule has 134 valence electrons. The molecule has 0 saturated carbocycles. The molecule has 0 saturated heterocycles. The van der Waals surface area contributed by atoms with Gasteiger partial charge in [0.2, 0.25) is 0 Å². The summed E-state index contributed by atoms with van der Waals surface area (Å²) in [5.74, 6) is -0.378. The molecule has 0 spiro atoms. The summed E-state index contributed by atoms with van der Waals surface area (Å²) in [5, 5.41) is 0. The first-order valence-corrected chi connectivity index (χ1v) is 8.91. The van der Waals surface area contributed by atoms with E-state index in [2.05, 4.69) is 36.4 Å². The molecule has 4 rings (SSSR count). The van der Waals surface area contributed by atoms with Crippen LogP contribution in [0.5, 0.6) is 0 Å². The molecule has 0 amide bonds. The molecular formula is C24H20O3. The average Bonchev–Trinajstić information content (AvgIpc) is 2.90. The van der Waals surface area contributed by atoms with Gasteiger partial charge in [0, 0.05) is 0 Å². The highest BCUT2D eigenvalue weighted by Crippen LogP contribution is 2.38. The first kappa shape index (κ1) is 17.3. The van der Waals surface area contributed by atoms with Crippen LogP contribution >= 0.6 is 0 Å². The maximum Gasteiger partial charge on any atom is 0.339 e. The molecule has 0 fully saturated rings. The Morgan fingerprint density at radius 2 is 1.67 bits per heavy atom. The fourth-order valence-electron chi connectivity index (χ4n) is 3.45. The molecule has 27 heavy (non-hydrogen) atoms. The van der Waals surface area contributed by atoms with Gasteiger partial charge in [0.1, 0.15) is 0 Å². The number of rotatable bonds is 3. The predicted octanol–water partition coefficient (Wildman–Crippen LogP) is 5.27. The second-order valence-electron chi connectivity index (χ2n) is 6.42. The second-order valence-corrected chi connectivity index (χ2v) is 6.42. The SMILES string of the molecule is COC(=O)C1OCc2c(/C=C/c3ccccc3)cccc2-c2ccccc21. The van der Waals surface area contributed by atoms with Crippen LogP contribution in [0.2, 0.25) is 0 Å². The standard InChI is InChI=1S/C24H20O3/c1-26-24(25)23-21-12-6-5-11-19(21)20-13-7-10-18(22(20)16-27-23)15-14-17-8-3-2-4-9-17/h2-15,23H,16H2,1H3/b15-14+. The van der Waals surface area contributed by atoms with Crippen molar-refractivity contribution >= 4 is 18.1 Å². The lowest BCUT2D eigenvalue weighted by atomic mass is 9.92. The summed E-state index contributed by atoms with van der Waals surface area (Å²) in [4.78, 5) is 12.3. The van der Waals surface area contributed by atoms with Crippen molar-refractivity contribution in [3.8, 4) is 11.1 Å². The van der Waals surface area contributed by atoms with Crippen LogP contribution in [0.3, 0.4) is 0 Å². The third-order valence-corrected chi connectivity index (χ3v) is 4.81. The van der Waals surface area contributed by atoms with Crippen molar-refractivity contribution in [1.29, 1.82) is 0 Å². The quantitative estimate of drug-likeness (QED) is 0.474. The van der Waals surface area contributed by atoms with Crippen molar-refractivity contribution in [2.45, 2.75) is 12.7 Å². The summed E-state index contributed by atoms with van der Waals surface area (Å²) in [6.45, 7) is 0.346. The zero-order chi connectivity index (χ0) is 18.6. The van der Waals surface area contributed by atoms with Gasteiger partial charge in [-0.15, -0.1) is 0 Å². The molecule has 1 atom stereocenters. The molecule has 0 aliphatic carbocycles. The lowest BCUT2D eigenvalue weighted by Gasteiger charge is -2.15. The van der Waals surface area contributed by atoms with E-state index in [1.807, 2.05) is 48.5 Å². The van der Waals surface area contributed by atoms with Crippen molar-refractivity contribution in [1.82, 2.24) is 0 Å². The molecule has 1 aliphatic heterocycles. The summed E-state index contributed by atoms with van der Waals surface area (Å²) >= 11 is 0. The molecule has 3 aromatic rings. The van der Waals surface area contributed by atoms with Crippen molar-refractivity contribution in [2.24, 2.45) is 0 Å². The van der Waals surface area contributed by atoms with Crippen molar-refractivity contribution in [3.05, 3.63) is 95.1 Å². The Morgan fingerprint density at radius 3 is 2.48 bits per heavy atom. The number of ether oxygens (including phenoxy) is 2. The van der Waals surface area contributed by atoms with E-state index in [4.69, 9.17) is 9.47 Å². The number of hydrogen-bond acceptors (Lipinski definition) is 3. The largest absolute Gasteiger partial charge is 0.467 e. The molecule has 1 aliphatic rings. The molecule has 3 nitrogen and oxygen atoms in total. The number of esters is 1. The maximum absolute atomic E-state index is 12.3. The molecule has 3 aromatic carbocycles. The Balaban J connectivity index is 1.80. The summed E-state index contributed by atoms with van der Waals surface area (Å²) in [6.07, 6.45) is 3.47. The Hall–Kier alpha value is -3.17. The van der Waals surface area contributed by atoms with Gasteiger partial charge >= 0.3 is 5.97 Å². The van der Waals surface area contributed by atoms with Crippen LogP contribution in [0.1, 0.15) is 28.4 Å². The van der Waals surface area contributed by atoms with Crippen LogP contribution in [-0.4, -0.2) is 13.1 Å². The van der Waals surface area contributed by atoms with Gasteiger partial charge < -0.3 is 9.47 Å².